The van der Waals surface area contributed by atoms with Crippen molar-refractivity contribution in [3.05, 3.63) is 22.9 Å². The zero-order chi connectivity index (χ0) is 8.27. The molecule has 0 unspecified atom stereocenters. The van der Waals surface area contributed by atoms with Gasteiger partial charge in [0.25, 0.3) is 0 Å². The summed E-state index contributed by atoms with van der Waals surface area (Å²) in [5.74, 6) is -0.438. The zero-order valence-electron chi connectivity index (χ0n) is 6.03. The molecule has 0 bridgehead atoms. The van der Waals surface area contributed by atoms with Crippen molar-refractivity contribution in [2.45, 2.75) is 6.54 Å². The highest BCUT2D eigenvalue weighted by Crippen LogP contribution is 1.81. The monoisotopic (exact) mass is 156 g/mol. The van der Waals surface area contributed by atoms with Gasteiger partial charge in [-0.25, -0.2) is 4.79 Å². The third kappa shape index (κ3) is 1.70. The molecule has 1 aromatic rings. The van der Waals surface area contributed by atoms with Crippen LogP contribution in [0, 0.1) is 0 Å². The molecule has 5 nitrogen and oxygen atoms in total. The molecule has 1 N–H and O–H groups in total. The lowest BCUT2D eigenvalue weighted by molar-refractivity contribution is -0.141. The van der Waals surface area contributed by atoms with Crippen LogP contribution >= 0.6 is 0 Å². The van der Waals surface area contributed by atoms with Gasteiger partial charge in [0.05, 0.1) is 7.11 Å². The van der Waals surface area contributed by atoms with Gasteiger partial charge < -0.3 is 9.72 Å². The molecule has 1 heterocycles. The maximum absolute atomic E-state index is 10.8. The number of nitrogens with zero attached hydrogens (tertiary/aromatic N) is 1. The lowest BCUT2D eigenvalue weighted by Gasteiger charge is -1.96. The molecule has 0 aliphatic heterocycles. The Morgan fingerprint density at radius 1 is 1.82 bits per heavy atom. The minimum absolute atomic E-state index is 0.0428. The first-order valence-electron chi connectivity index (χ1n) is 3.04. The van der Waals surface area contributed by atoms with Crippen LogP contribution in [0.15, 0.2) is 17.2 Å². The lowest BCUT2D eigenvalue weighted by atomic mass is 10.6. The maximum Gasteiger partial charge on any atom is 0.326 e. The predicted molar refractivity (Wildman–Crippen MR) is 37.1 cm³/mol. The number of esters is 1. The van der Waals surface area contributed by atoms with Crippen molar-refractivity contribution in [2.24, 2.45) is 0 Å². The highest BCUT2D eigenvalue weighted by Gasteiger charge is 2.02. The van der Waals surface area contributed by atoms with Crippen LogP contribution in [0.25, 0.3) is 0 Å². The fourth-order valence-electron chi connectivity index (χ4n) is 0.677. The molecular weight excluding hydrogens is 148 g/mol. The van der Waals surface area contributed by atoms with Gasteiger partial charge >= 0.3 is 11.7 Å². The van der Waals surface area contributed by atoms with E-state index in [0.29, 0.717) is 0 Å². The van der Waals surface area contributed by atoms with E-state index in [0.717, 1.165) is 0 Å². The largest absolute Gasteiger partial charge is 0.468 e. The van der Waals surface area contributed by atoms with E-state index in [1.54, 1.807) is 0 Å². The van der Waals surface area contributed by atoms with E-state index in [1.165, 1.54) is 24.1 Å². The Kier molecular flexibility index (Phi) is 2.10. The van der Waals surface area contributed by atoms with Gasteiger partial charge in [-0.05, 0) is 0 Å². The summed E-state index contributed by atoms with van der Waals surface area (Å²) >= 11 is 0. The van der Waals surface area contributed by atoms with Gasteiger partial charge in [0.2, 0.25) is 0 Å². The van der Waals surface area contributed by atoms with E-state index in [1.807, 2.05) is 0 Å². The van der Waals surface area contributed by atoms with Crippen LogP contribution in [0.5, 0.6) is 0 Å². The summed E-state index contributed by atoms with van der Waals surface area (Å²) < 4.78 is 5.59. The highest BCUT2D eigenvalue weighted by molar-refractivity contribution is 5.68. The molecule has 0 aromatic carbocycles. The fraction of sp³-hybridized carbons (Fsp3) is 0.333. The number of H-pyrrole nitrogens is 1. The zero-order valence-corrected chi connectivity index (χ0v) is 6.03. The van der Waals surface area contributed by atoms with Crippen molar-refractivity contribution in [1.29, 1.82) is 0 Å². The Morgan fingerprint density at radius 3 is 3.00 bits per heavy atom. The van der Waals surface area contributed by atoms with Crippen molar-refractivity contribution >= 4 is 5.97 Å². The van der Waals surface area contributed by atoms with Crippen molar-refractivity contribution < 1.29 is 9.53 Å². The van der Waals surface area contributed by atoms with Crippen molar-refractivity contribution in [1.82, 2.24) is 9.55 Å². The molecule has 1 rings (SSSR count). The SMILES string of the molecule is COC(=O)Cn1cc[nH]c1=O. The van der Waals surface area contributed by atoms with E-state index < -0.39 is 5.97 Å². The van der Waals surface area contributed by atoms with Gasteiger partial charge in [-0.1, -0.05) is 0 Å². The summed E-state index contributed by atoms with van der Waals surface area (Å²) in [6.45, 7) is -0.0428. The molecule has 60 valence electrons. The number of ether oxygens (including phenoxy) is 1. The number of hydrogen-bond acceptors (Lipinski definition) is 3. The number of methoxy groups -OCH3 is 1. The normalized spacial score (nSPS) is 9.55. The Bertz CT molecular complexity index is 299. The Balaban J connectivity index is 2.72. The Labute approximate surface area is 62.6 Å². The van der Waals surface area contributed by atoms with Crippen LogP contribution < -0.4 is 5.69 Å². The van der Waals surface area contributed by atoms with Crippen molar-refractivity contribution in [3.8, 4) is 0 Å². The van der Waals surface area contributed by atoms with Gasteiger partial charge in [0.1, 0.15) is 6.54 Å². The molecule has 0 aliphatic rings. The summed E-state index contributed by atoms with van der Waals surface area (Å²) in [7, 11) is 1.28. The van der Waals surface area contributed by atoms with E-state index in [-0.39, 0.29) is 12.2 Å². The standard InChI is InChI=1S/C6H8N2O3/c1-11-5(9)4-8-3-2-7-6(8)10/h2-3H,4H2,1H3,(H,7,10). The van der Waals surface area contributed by atoms with Crippen LogP contribution in [0.3, 0.4) is 0 Å². The van der Waals surface area contributed by atoms with Crippen LogP contribution in [-0.4, -0.2) is 22.6 Å². The minimum Gasteiger partial charge on any atom is -0.468 e. The first-order valence-corrected chi connectivity index (χ1v) is 3.04. The predicted octanol–water partition coefficient (Wildman–Crippen LogP) is -0.651. The summed E-state index contributed by atoms with van der Waals surface area (Å²) in [5, 5.41) is 0. The first-order chi connectivity index (χ1) is 5.24. The number of nitrogens with one attached hydrogen (secondary N) is 1. The van der Waals surface area contributed by atoms with Crippen molar-refractivity contribution in [3.63, 3.8) is 0 Å². The molecule has 0 aliphatic carbocycles. The molecule has 1 aromatic heterocycles. The molecule has 0 spiro atoms. The molecule has 0 saturated carbocycles. The van der Waals surface area contributed by atoms with Gasteiger partial charge in [0, 0.05) is 12.4 Å². The number of carbonyl (C=O) groups excluding carboxylic acids is 1. The van der Waals surface area contributed by atoms with E-state index in [4.69, 9.17) is 0 Å². The Hall–Kier alpha value is -1.52. The molecular formula is C6H8N2O3. The number of aromatic nitrogens is 2. The third-order valence-corrected chi connectivity index (χ3v) is 1.25. The highest BCUT2D eigenvalue weighted by atomic mass is 16.5. The molecule has 11 heavy (non-hydrogen) atoms. The van der Waals surface area contributed by atoms with Gasteiger partial charge in [-0.2, -0.15) is 0 Å². The second-order valence-electron chi connectivity index (χ2n) is 1.97. The fourth-order valence-corrected chi connectivity index (χ4v) is 0.677. The molecule has 0 fully saturated rings. The molecule has 0 radical (unpaired) electrons. The smallest absolute Gasteiger partial charge is 0.326 e. The molecule has 5 heteroatoms. The van der Waals surface area contributed by atoms with E-state index >= 15 is 0 Å². The summed E-state index contributed by atoms with van der Waals surface area (Å²) in [4.78, 5) is 23.8. The second-order valence-corrected chi connectivity index (χ2v) is 1.97. The molecule has 0 amide bonds. The Morgan fingerprint density at radius 2 is 2.55 bits per heavy atom. The van der Waals surface area contributed by atoms with Crippen LogP contribution in [0.1, 0.15) is 0 Å². The summed E-state index contributed by atoms with van der Waals surface area (Å²) in [5.41, 5.74) is -0.310. The molecule has 0 saturated heterocycles. The van der Waals surface area contributed by atoms with Crippen LogP contribution in [-0.2, 0) is 16.1 Å². The maximum atomic E-state index is 10.8. The van der Waals surface area contributed by atoms with Crippen LogP contribution in [0.4, 0.5) is 0 Å². The third-order valence-electron chi connectivity index (χ3n) is 1.25. The van der Waals surface area contributed by atoms with Crippen LogP contribution in [0.2, 0.25) is 0 Å². The van der Waals surface area contributed by atoms with Crippen molar-refractivity contribution in [2.75, 3.05) is 7.11 Å². The number of carbonyl (C=O) groups is 1. The number of aromatic amines is 1. The average molecular weight is 156 g/mol. The number of imidazole rings is 1. The van der Waals surface area contributed by atoms with Gasteiger partial charge in [0.15, 0.2) is 0 Å². The summed E-state index contributed by atoms with van der Waals surface area (Å²) in [6, 6.07) is 0. The van der Waals surface area contributed by atoms with E-state index in [2.05, 4.69) is 9.72 Å². The lowest BCUT2D eigenvalue weighted by Crippen LogP contribution is -2.21. The number of hydrogen-bond donors (Lipinski definition) is 1. The minimum atomic E-state index is -0.438. The first kappa shape index (κ1) is 7.59. The summed E-state index contributed by atoms with van der Waals surface area (Å²) in [6.07, 6.45) is 2.95. The quantitative estimate of drug-likeness (QED) is 0.578. The second kappa shape index (κ2) is 3.05. The van der Waals surface area contributed by atoms with E-state index in [9.17, 15) is 9.59 Å². The topological polar surface area (TPSA) is 64.1 Å². The van der Waals surface area contributed by atoms with Gasteiger partial charge in [-0.3, -0.25) is 9.36 Å². The average Bonchev–Trinajstić information content (AvgIpc) is 2.37. The molecule has 0 atom stereocenters. The number of rotatable bonds is 2. The van der Waals surface area contributed by atoms with Gasteiger partial charge in [-0.15, -0.1) is 0 Å².